The molecule has 3 atom stereocenters. The summed E-state index contributed by atoms with van der Waals surface area (Å²) >= 11 is 0. The smallest absolute Gasteiger partial charge is 0.193 e. The minimum absolute atomic E-state index is 0. The second-order valence-electron chi connectivity index (χ2n) is 5.97. The Labute approximate surface area is 150 Å². The van der Waals surface area contributed by atoms with Crippen LogP contribution in [0.15, 0.2) is 4.99 Å². The van der Waals surface area contributed by atoms with E-state index in [9.17, 15) is 0 Å². The molecule has 0 saturated carbocycles. The standard InChI is InChI=1S/C15H27N3O3.HI/c1-16-15(17-10-12-4-2-7-19-12)18-6-9-21-14(11-18)13-5-3-8-20-13;/h12-14H,2-11H2,1H3,(H,16,17);1H. The van der Waals surface area contributed by atoms with Gasteiger partial charge in [-0.05, 0) is 25.7 Å². The molecule has 7 heteroatoms. The molecule has 128 valence electrons. The summed E-state index contributed by atoms with van der Waals surface area (Å²) in [7, 11) is 1.84. The maximum Gasteiger partial charge on any atom is 0.193 e. The van der Waals surface area contributed by atoms with E-state index < -0.39 is 0 Å². The van der Waals surface area contributed by atoms with Crippen molar-refractivity contribution in [2.45, 2.75) is 44.0 Å². The largest absolute Gasteiger partial charge is 0.376 e. The first-order valence-electron chi connectivity index (χ1n) is 8.17. The summed E-state index contributed by atoms with van der Waals surface area (Å²) in [5.74, 6) is 0.955. The number of guanidine groups is 1. The molecule has 0 aliphatic carbocycles. The number of ether oxygens (including phenoxy) is 3. The molecule has 0 aromatic rings. The molecule has 3 fully saturated rings. The molecule has 3 unspecified atom stereocenters. The van der Waals surface area contributed by atoms with Gasteiger partial charge >= 0.3 is 0 Å². The third-order valence-electron chi connectivity index (χ3n) is 4.50. The quantitative estimate of drug-likeness (QED) is 0.419. The van der Waals surface area contributed by atoms with Crippen LogP contribution in [0.25, 0.3) is 0 Å². The predicted octanol–water partition coefficient (Wildman–Crippen LogP) is 1.24. The second kappa shape index (κ2) is 9.24. The minimum atomic E-state index is 0. The van der Waals surface area contributed by atoms with Crippen molar-refractivity contribution in [1.29, 1.82) is 0 Å². The van der Waals surface area contributed by atoms with E-state index in [-0.39, 0.29) is 36.2 Å². The van der Waals surface area contributed by atoms with Crippen molar-refractivity contribution in [3.8, 4) is 0 Å². The lowest BCUT2D eigenvalue weighted by Crippen LogP contribution is -2.54. The van der Waals surface area contributed by atoms with Crippen LogP contribution in [-0.2, 0) is 14.2 Å². The number of nitrogens with zero attached hydrogens (tertiary/aromatic N) is 2. The molecule has 0 bridgehead atoms. The van der Waals surface area contributed by atoms with Crippen molar-refractivity contribution in [3.05, 3.63) is 0 Å². The molecule has 0 amide bonds. The molecule has 3 aliphatic heterocycles. The lowest BCUT2D eigenvalue weighted by molar-refractivity contribution is -0.0817. The Hall–Kier alpha value is -0.120. The van der Waals surface area contributed by atoms with Gasteiger partial charge in [-0.25, -0.2) is 0 Å². The van der Waals surface area contributed by atoms with Crippen molar-refractivity contribution in [1.82, 2.24) is 10.2 Å². The van der Waals surface area contributed by atoms with E-state index in [4.69, 9.17) is 14.2 Å². The van der Waals surface area contributed by atoms with Gasteiger partial charge in [0.15, 0.2) is 5.96 Å². The highest BCUT2D eigenvalue weighted by atomic mass is 127. The second-order valence-corrected chi connectivity index (χ2v) is 5.97. The monoisotopic (exact) mass is 425 g/mol. The Bertz CT molecular complexity index is 358. The number of halogens is 1. The summed E-state index contributed by atoms with van der Waals surface area (Å²) in [6.45, 7) is 5.09. The molecule has 0 aromatic heterocycles. The normalized spacial score (nSPS) is 32.9. The molecule has 0 aromatic carbocycles. The van der Waals surface area contributed by atoms with Crippen molar-refractivity contribution >= 4 is 29.9 Å². The lowest BCUT2D eigenvalue weighted by atomic mass is 10.1. The average Bonchev–Trinajstić information content (AvgIpc) is 3.22. The summed E-state index contributed by atoms with van der Waals surface area (Å²) in [6.07, 6.45) is 5.33. The molecule has 22 heavy (non-hydrogen) atoms. The van der Waals surface area contributed by atoms with Crippen LogP contribution in [0.1, 0.15) is 25.7 Å². The van der Waals surface area contributed by atoms with E-state index in [1.807, 2.05) is 7.05 Å². The minimum Gasteiger partial charge on any atom is -0.376 e. The van der Waals surface area contributed by atoms with Crippen LogP contribution in [-0.4, -0.2) is 75.7 Å². The maximum atomic E-state index is 5.89. The number of hydrogen-bond donors (Lipinski definition) is 1. The Balaban J connectivity index is 0.00000176. The lowest BCUT2D eigenvalue weighted by Gasteiger charge is -2.37. The third-order valence-corrected chi connectivity index (χ3v) is 4.50. The number of aliphatic imine (C=N–C) groups is 1. The van der Waals surface area contributed by atoms with E-state index >= 15 is 0 Å². The predicted molar refractivity (Wildman–Crippen MR) is 96.0 cm³/mol. The topological polar surface area (TPSA) is 55.3 Å². The van der Waals surface area contributed by atoms with Gasteiger partial charge in [-0.1, -0.05) is 0 Å². The number of nitrogens with one attached hydrogen (secondary N) is 1. The Morgan fingerprint density at radius 1 is 1.09 bits per heavy atom. The van der Waals surface area contributed by atoms with Crippen LogP contribution in [0.3, 0.4) is 0 Å². The van der Waals surface area contributed by atoms with E-state index in [1.54, 1.807) is 0 Å². The molecule has 1 N–H and O–H groups in total. The van der Waals surface area contributed by atoms with Gasteiger partial charge in [-0.2, -0.15) is 0 Å². The van der Waals surface area contributed by atoms with Crippen LogP contribution in [0, 0.1) is 0 Å². The van der Waals surface area contributed by atoms with Crippen molar-refractivity contribution < 1.29 is 14.2 Å². The van der Waals surface area contributed by atoms with Crippen LogP contribution in [0.5, 0.6) is 0 Å². The van der Waals surface area contributed by atoms with Crippen molar-refractivity contribution in [2.24, 2.45) is 4.99 Å². The van der Waals surface area contributed by atoms with Gasteiger partial charge < -0.3 is 24.4 Å². The molecule has 3 aliphatic rings. The zero-order chi connectivity index (χ0) is 14.5. The molecule has 0 radical (unpaired) electrons. The number of rotatable bonds is 3. The fourth-order valence-electron chi connectivity index (χ4n) is 3.33. The number of hydrogen-bond acceptors (Lipinski definition) is 4. The van der Waals surface area contributed by atoms with E-state index in [1.165, 1.54) is 6.42 Å². The first-order chi connectivity index (χ1) is 10.4. The van der Waals surface area contributed by atoms with Crippen LogP contribution in [0.4, 0.5) is 0 Å². The van der Waals surface area contributed by atoms with Crippen LogP contribution >= 0.6 is 24.0 Å². The highest BCUT2D eigenvalue weighted by molar-refractivity contribution is 14.0. The van der Waals surface area contributed by atoms with Gasteiger partial charge in [0.05, 0.1) is 18.8 Å². The molecular formula is C15H28IN3O3. The highest BCUT2D eigenvalue weighted by Crippen LogP contribution is 2.21. The van der Waals surface area contributed by atoms with Crippen molar-refractivity contribution in [3.63, 3.8) is 0 Å². The van der Waals surface area contributed by atoms with Gasteiger partial charge in [0.1, 0.15) is 6.10 Å². The Morgan fingerprint density at radius 2 is 1.86 bits per heavy atom. The zero-order valence-electron chi connectivity index (χ0n) is 13.3. The molecule has 0 spiro atoms. The Morgan fingerprint density at radius 3 is 2.55 bits per heavy atom. The maximum absolute atomic E-state index is 5.89. The third kappa shape index (κ3) is 4.69. The molecular weight excluding hydrogens is 397 g/mol. The van der Waals surface area contributed by atoms with Crippen molar-refractivity contribution in [2.75, 3.05) is 46.5 Å². The first kappa shape index (κ1) is 18.2. The molecule has 3 heterocycles. The molecule has 6 nitrogen and oxygen atoms in total. The Kier molecular flexibility index (Phi) is 7.66. The SMILES string of the molecule is CN=C(NCC1CCCO1)N1CCOC(C2CCCO2)C1.I. The van der Waals surface area contributed by atoms with Crippen LogP contribution < -0.4 is 5.32 Å². The highest BCUT2D eigenvalue weighted by Gasteiger charge is 2.32. The molecule has 3 rings (SSSR count). The summed E-state index contributed by atoms with van der Waals surface area (Å²) in [4.78, 5) is 6.70. The average molecular weight is 425 g/mol. The summed E-state index contributed by atoms with van der Waals surface area (Å²) in [5.41, 5.74) is 0. The fraction of sp³-hybridized carbons (Fsp3) is 0.933. The van der Waals surface area contributed by atoms with Gasteiger partial charge in [-0.3, -0.25) is 4.99 Å². The van der Waals surface area contributed by atoms with Gasteiger partial charge in [0.2, 0.25) is 0 Å². The van der Waals surface area contributed by atoms with E-state index in [0.717, 1.165) is 64.7 Å². The van der Waals surface area contributed by atoms with Gasteiger partial charge in [0.25, 0.3) is 0 Å². The van der Waals surface area contributed by atoms with E-state index in [0.29, 0.717) is 6.10 Å². The van der Waals surface area contributed by atoms with Gasteiger partial charge in [0, 0.05) is 39.9 Å². The summed E-state index contributed by atoms with van der Waals surface area (Å²) in [6, 6.07) is 0. The summed E-state index contributed by atoms with van der Waals surface area (Å²) < 4.78 is 17.3. The zero-order valence-corrected chi connectivity index (χ0v) is 15.7. The first-order valence-corrected chi connectivity index (χ1v) is 8.17. The van der Waals surface area contributed by atoms with E-state index in [2.05, 4.69) is 15.2 Å². The summed E-state index contributed by atoms with van der Waals surface area (Å²) in [5, 5.41) is 3.45. The molecule has 3 saturated heterocycles. The fourth-order valence-corrected chi connectivity index (χ4v) is 3.33. The van der Waals surface area contributed by atoms with Gasteiger partial charge in [-0.15, -0.1) is 24.0 Å². The number of morpholine rings is 1. The van der Waals surface area contributed by atoms with Crippen LogP contribution in [0.2, 0.25) is 0 Å².